The van der Waals surface area contributed by atoms with Gasteiger partial charge < -0.3 is 4.57 Å². The lowest BCUT2D eigenvalue weighted by Gasteiger charge is -2.23. The molecule has 1 aliphatic heterocycles. The van der Waals surface area contributed by atoms with Crippen molar-refractivity contribution in [2.75, 3.05) is 11.9 Å². The average molecular weight is 368 g/mol. The predicted molar refractivity (Wildman–Crippen MR) is 99.9 cm³/mol. The van der Waals surface area contributed by atoms with E-state index >= 15 is 0 Å². The van der Waals surface area contributed by atoms with Crippen LogP contribution in [0.5, 0.6) is 0 Å². The molecule has 1 atom stereocenters. The van der Waals surface area contributed by atoms with Gasteiger partial charge in [-0.1, -0.05) is 6.07 Å². The SMILES string of the molecule is Cn1cnc(CN2CCC[C@H]2c2cccc(C(=O)Nc3nccs3)n2)c1. The van der Waals surface area contributed by atoms with Gasteiger partial charge in [-0.25, -0.2) is 15.0 Å². The fourth-order valence-electron chi connectivity index (χ4n) is 3.32. The van der Waals surface area contributed by atoms with E-state index in [1.54, 1.807) is 12.3 Å². The fraction of sp³-hybridized carbons (Fsp3) is 0.333. The summed E-state index contributed by atoms with van der Waals surface area (Å²) in [7, 11) is 1.98. The van der Waals surface area contributed by atoms with Gasteiger partial charge in [0.25, 0.3) is 5.91 Å². The van der Waals surface area contributed by atoms with E-state index in [1.807, 2.05) is 41.7 Å². The maximum absolute atomic E-state index is 12.4. The number of amides is 1. The molecule has 4 rings (SSSR count). The number of rotatable bonds is 5. The Bertz CT molecular complexity index is 891. The summed E-state index contributed by atoms with van der Waals surface area (Å²) in [6, 6.07) is 5.85. The molecule has 134 valence electrons. The molecular formula is C18H20N6OS. The molecule has 0 aliphatic carbocycles. The zero-order chi connectivity index (χ0) is 17.9. The zero-order valence-electron chi connectivity index (χ0n) is 14.5. The number of carbonyl (C=O) groups is 1. The van der Waals surface area contributed by atoms with Crippen molar-refractivity contribution < 1.29 is 4.79 Å². The van der Waals surface area contributed by atoms with E-state index in [9.17, 15) is 4.79 Å². The molecule has 1 amide bonds. The van der Waals surface area contributed by atoms with Crippen LogP contribution >= 0.6 is 11.3 Å². The number of nitrogens with one attached hydrogen (secondary N) is 1. The van der Waals surface area contributed by atoms with E-state index in [0.29, 0.717) is 10.8 Å². The van der Waals surface area contributed by atoms with E-state index in [4.69, 9.17) is 0 Å². The Balaban J connectivity index is 1.50. The Kier molecular flexibility index (Phi) is 4.77. The quantitative estimate of drug-likeness (QED) is 0.749. The van der Waals surface area contributed by atoms with Crippen LogP contribution in [0.1, 0.15) is 40.8 Å². The van der Waals surface area contributed by atoms with Crippen LogP contribution < -0.4 is 5.32 Å². The lowest BCUT2D eigenvalue weighted by atomic mass is 10.1. The number of likely N-dealkylation sites (tertiary alicyclic amines) is 1. The number of aryl methyl sites for hydroxylation is 1. The summed E-state index contributed by atoms with van der Waals surface area (Å²) in [4.78, 5) is 27.9. The molecule has 1 N–H and O–H groups in total. The van der Waals surface area contributed by atoms with E-state index in [-0.39, 0.29) is 11.9 Å². The van der Waals surface area contributed by atoms with Gasteiger partial charge in [0.2, 0.25) is 0 Å². The summed E-state index contributed by atoms with van der Waals surface area (Å²) in [5.41, 5.74) is 2.41. The maximum atomic E-state index is 12.4. The molecule has 3 aromatic rings. The highest BCUT2D eigenvalue weighted by Crippen LogP contribution is 2.32. The number of anilines is 1. The number of hydrogen-bond donors (Lipinski definition) is 1. The third kappa shape index (κ3) is 3.66. The van der Waals surface area contributed by atoms with Crippen LogP contribution in [-0.4, -0.2) is 36.9 Å². The van der Waals surface area contributed by atoms with E-state index in [0.717, 1.165) is 37.3 Å². The molecule has 0 aromatic carbocycles. The monoisotopic (exact) mass is 368 g/mol. The van der Waals surface area contributed by atoms with E-state index < -0.39 is 0 Å². The molecule has 0 unspecified atom stereocenters. The summed E-state index contributed by atoms with van der Waals surface area (Å²) >= 11 is 1.39. The zero-order valence-corrected chi connectivity index (χ0v) is 15.3. The number of imidazole rings is 1. The molecule has 0 spiro atoms. The van der Waals surface area contributed by atoms with Gasteiger partial charge in [0.05, 0.1) is 23.8 Å². The first-order chi connectivity index (χ1) is 12.7. The fourth-order valence-corrected chi connectivity index (χ4v) is 3.84. The number of hydrogen-bond acceptors (Lipinski definition) is 6. The highest BCUT2D eigenvalue weighted by atomic mass is 32.1. The van der Waals surface area contributed by atoms with Gasteiger partial charge in [0, 0.05) is 31.4 Å². The predicted octanol–water partition coefficient (Wildman–Crippen LogP) is 2.86. The summed E-state index contributed by atoms with van der Waals surface area (Å²) < 4.78 is 1.96. The minimum absolute atomic E-state index is 0.213. The first-order valence-electron chi connectivity index (χ1n) is 8.58. The maximum Gasteiger partial charge on any atom is 0.276 e. The molecule has 26 heavy (non-hydrogen) atoms. The molecule has 0 radical (unpaired) electrons. The lowest BCUT2D eigenvalue weighted by molar-refractivity contribution is 0.102. The topological polar surface area (TPSA) is 75.9 Å². The number of nitrogens with zero attached hydrogens (tertiary/aromatic N) is 5. The second-order valence-electron chi connectivity index (χ2n) is 6.40. The van der Waals surface area contributed by atoms with E-state index in [2.05, 4.69) is 25.2 Å². The van der Waals surface area contributed by atoms with Crippen LogP contribution in [0.4, 0.5) is 5.13 Å². The van der Waals surface area contributed by atoms with Crippen molar-refractivity contribution in [1.29, 1.82) is 0 Å². The number of aromatic nitrogens is 4. The Morgan fingerprint density at radius 2 is 2.31 bits per heavy atom. The number of pyridine rings is 1. The highest BCUT2D eigenvalue weighted by Gasteiger charge is 2.28. The third-order valence-electron chi connectivity index (χ3n) is 4.48. The van der Waals surface area contributed by atoms with Crippen molar-refractivity contribution in [3.63, 3.8) is 0 Å². The van der Waals surface area contributed by atoms with Crippen molar-refractivity contribution >= 4 is 22.4 Å². The van der Waals surface area contributed by atoms with Crippen LogP contribution in [0.15, 0.2) is 42.3 Å². The van der Waals surface area contributed by atoms with Gasteiger partial charge in [0.15, 0.2) is 5.13 Å². The second-order valence-corrected chi connectivity index (χ2v) is 7.29. The lowest BCUT2D eigenvalue weighted by Crippen LogP contribution is -2.24. The molecule has 3 aromatic heterocycles. The third-order valence-corrected chi connectivity index (χ3v) is 5.17. The van der Waals surface area contributed by atoms with Crippen LogP contribution in [0.25, 0.3) is 0 Å². The minimum Gasteiger partial charge on any atom is -0.340 e. The Morgan fingerprint density at radius 1 is 1.38 bits per heavy atom. The van der Waals surface area contributed by atoms with Crippen molar-refractivity contribution in [2.24, 2.45) is 7.05 Å². The molecule has 0 bridgehead atoms. The van der Waals surface area contributed by atoms with Crippen LogP contribution in [-0.2, 0) is 13.6 Å². The van der Waals surface area contributed by atoms with Crippen LogP contribution in [0, 0.1) is 0 Å². The summed E-state index contributed by atoms with van der Waals surface area (Å²) in [5, 5.41) is 5.20. The van der Waals surface area contributed by atoms with Crippen molar-refractivity contribution in [1.82, 2.24) is 24.4 Å². The first-order valence-corrected chi connectivity index (χ1v) is 9.46. The normalized spacial score (nSPS) is 17.5. The minimum atomic E-state index is -0.226. The standard InChI is InChI=1S/C18H20N6OS/c1-23-10-13(20-12-23)11-24-8-3-6-16(24)14-4-2-5-15(21-14)17(25)22-18-19-7-9-26-18/h2,4-5,7,9-10,12,16H,3,6,8,11H2,1H3,(H,19,22,25)/t16-/m0/s1. The Labute approximate surface area is 155 Å². The van der Waals surface area contributed by atoms with Gasteiger partial charge in [-0.05, 0) is 31.5 Å². The Morgan fingerprint density at radius 3 is 3.08 bits per heavy atom. The second kappa shape index (κ2) is 7.35. The Hall–Kier alpha value is -2.58. The largest absolute Gasteiger partial charge is 0.340 e. The summed E-state index contributed by atoms with van der Waals surface area (Å²) in [5.74, 6) is -0.226. The van der Waals surface area contributed by atoms with Gasteiger partial charge in [-0.15, -0.1) is 11.3 Å². The van der Waals surface area contributed by atoms with Crippen molar-refractivity contribution in [3.8, 4) is 0 Å². The summed E-state index contributed by atoms with van der Waals surface area (Å²) in [6.45, 7) is 1.81. The molecule has 1 aliphatic rings. The van der Waals surface area contributed by atoms with E-state index in [1.165, 1.54) is 11.3 Å². The van der Waals surface area contributed by atoms with Crippen molar-refractivity contribution in [2.45, 2.75) is 25.4 Å². The van der Waals surface area contributed by atoms with Crippen LogP contribution in [0.2, 0.25) is 0 Å². The number of carbonyl (C=O) groups excluding carboxylic acids is 1. The van der Waals surface area contributed by atoms with Crippen LogP contribution in [0.3, 0.4) is 0 Å². The smallest absolute Gasteiger partial charge is 0.276 e. The average Bonchev–Trinajstić information content (AvgIpc) is 3.38. The van der Waals surface area contributed by atoms with Gasteiger partial charge in [-0.3, -0.25) is 15.0 Å². The molecule has 8 heteroatoms. The first kappa shape index (κ1) is 16.9. The van der Waals surface area contributed by atoms with Gasteiger partial charge in [0.1, 0.15) is 5.69 Å². The molecule has 1 fully saturated rings. The summed E-state index contributed by atoms with van der Waals surface area (Å²) in [6.07, 6.45) is 7.69. The van der Waals surface area contributed by atoms with Crippen molar-refractivity contribution in [3.05, 3.63) is 59.4 Å². The number of thiazole rings is 1. The molecule has 4 heterocycles. The highest BCUT2D eigenvalue weighted by molar-refractivity contribution is 7.13. The molecule has 1 saturated heterocycles. The molecule has 7 nitrogen and oxygen atoms in total. The molecular weight excluding hydrogens is 348 g/mol. The molecule has 0 saturated carbocycles. The van der Waals surface area contributed by atoms with Gasteiger partial charge in [-0.2, -0.15) is 0 Å². The van der Waals surface area contributed by atoms with Gasteiger partial charge >= 0.3 is 0 Å².